The van der Waals surface area contributed by atoms with Gasteiger partial charge in [-0.05, 0) is 87.4 Å². The van der Waals surface area contributed by atoms with Crippen LogP contribution in [-0.4, -0.2) is 76.3 Å². The van der Waals surface area contributed by atoms with Gasteiger partial charge in [0.2, 0.25) is 0 Å². The van der Waals surface area contributed by atoms with Gasteiger partial charge in [0.25, 0.3) is 0 Å². The molecule has 2 aliphatic rings. The van der Waals surface area contributed by atoms with E-state index in [-0.39, 0.29) is 11.6 Å². The molecular formula is C30H35F3N6O2S. The number of aromatic hydroxyl groups is 1. The van der Waals surface area contributed by atoms with E-state index in [1.54, 1.807) is 30.3 Å². The molecule has 0 saturated carbocycles. The van der Waals surface area contributed by atoms with Gasteiger partial charge in [0.05, 0.1) is 12.7 Å². The third kappa shape index (κ3) is 8.70. The van der Waals surface area contributed by atoms with Gasteiger partial charge >= 0.3 is 0 Å². The summed E-state index contributed by atoms with van der Waals surface area (Å²) in [7, 11) is 2.00. The highest BCUT2D eigenvalue weighted by molar-refractivity contribution is 7.80. The summed E-state index contributed by atoms with van der Waals surface area (Å²) in [5.74, 6) is -0.369. The molecule has 42 heavy (non-hydrogen) atoms. The number of carbonyl (C=O) groups excluding carboxylic acids is 1. The summed E-state index contributed by atoms with van der Waals surface area (Å²) in [6.07, 6.45) is 4.21. The highest BCUT2D eigenvalue weighted by atomic mass is 32.1. The molecule has 4 aromatic rings. The van der Waals surface area contributed by atoms with E-state index >= 15 is 0 Å². The maximum Gasteiger partial charge on any atom is 0.170 e. The number of hydrogen-bond donors (Lipinski definition) is 3. The Morgan fingerprint density at radius 2 is 1.86 bits per heavy atom. The molecule has 0 radical (unpaired) electrons. The summed E-state index contributed by atoms with van der Waals surface area (Å²) in [6, 6.07) is 14.9. The maximum absolute atomic E-state index is 13.1. The number of phenols is 1. The van der Waals surface area contributed by atoms with Gasteiger partial charge < -0.3 is 15.3 Å². The number of phenolic OH excluding ortho intramolecular Hbond substituents is 1. The average Bonchev–Trinajstić information content (AvgIpc) is 3.61. The zero-order valence-corrected chi connectivity index (χ0v) is 24.2. The van der Waals surface area contributed by atoms with Crippen molar-refractivity contribution in [3.8, 4) is 5.75 Å². The predicted octanol–water partition coefficient (Wildman–Crippen LogP) is 4.92. The minimum atomic E-state index is -0.791. The third-order valence-electron chi connectivity index (χ3n) is 7.17. The second-order valence-electron chi connectivity index (χ2n) is 10.2. The lowest BCUT2D eigenvalue weighted by Gasteiger charge is -2.31. The first-order chi connectivity index (χ1) is 20.2. The van der Waals surface area contributed by atoms with Crippen LogP contribution in [0.5, 0.6) is 5.75 Å². The Morgan fingerprint density at radius 3 is 2.45 bits per heavy atom. The molecule has 0 amide bonds. The molecule has 1 atom stereocenters. The van der Waals surface area contributed by atoms with E-state index in [0.29, 0.717) is 53.9 Å². The fourth-order valence-corrected chi connectivity index (χ4v) is 5.04. The highest BCUT2D eigenvalue weighted by Crippen LogP contribution is 2.21. The van der Waals surface area contributed by atoms with Crippen LogP contribution in [0.4, 0.5) is 19.0 Å². The number of anilines is 1. The van der Waals surface area contributed by atoms with E-state index < -0.39 is 12.0 Å². The van der Waals surface area contributed by atoms with Crippen molar-refractivity contribution in [2.75, 3.05) is 38.1 Å². The van der Waals surface area contributed by atoms with Crippen LogP contribution in [0.1, 0.15) is 35.3 Å². The van der Waals surface area contributed by atoms with E-state index in [1.807, 2.05) is 11.9 Å². The van der Waals surface area contributed by atoms with Gasteiger partial charge in [-0.2, -0.15) is 0 Å². The van der Waals surface area contributed by atoms with Crippen molar-refractivity contribution < 1.29 is 23.1 Å². The molecule has 2 aliphatic heterocycles. The fourth-order valence-electron chi connectivity index (χ4n) is 4.83. The Bertz CT molecular complexity index is 1450. The molecule has 2 fully saturated rings. The molecule has 0 aliphatic carbocycles. The van der Waals surface area contributed by atoms with E-state index in [2.05, 4.69) is 32.9 Å². The molecule has 2 aromatic heterocycles. The largest absolute Gasteiger partial charge is 0.505 e. The van der Waals surface area contributed by atoms with Crippen molar-refractivity contribution in [2.24, 2.45) is 0 Å². The summed E-state index contributed by atoms with van der Waals surface area (Å²) < 4.78 is 39.6. The van der Waals surface area contributed by atoms with Crippen LogP contribution in [0, 0.1) is 11.6 Å². The van der Waals surface area contributed by atoms with Crippen molar-refractivity contribution in [3.05, 3.63) is 83.7 Å². The molecule has 2 aromatic carbocycles. The maximum atomic E-state index is 13.1. The number of alkyl halides is 1. The van der Waals surface area contributed by atoms with Crippen molar-refractivity contribution in [2.45, 2.75) is 42.9 Å². The number of likely N-dealkylation sites (tertiary alicyclic amines) is 1. The summed E-state index contributed by atoms with van der Waals surface area (Å²) in [6.45, 7) is 3.89. The summed E-state index contributed by atoms with van der Waals surface area (Å²) >= 11 is 3.91. The number of aldehydes is 1. The first-order valence-electron chi connectivity index (χ1n) is 13.8. The van der Waals surface area contributed by atoms with Crippen molar-refractivity contribution in [1.29, 1.82) is 0 Å². The van der Waals surface area contributed by atoms with E-state index in [4.69, 9.17) is 0 Å². The SMILES string of the molecule is CNC1CCN(Cc2ccc(F)c(O)c2)CC1.Fc1cccc(S)c1.O=Cc1cnc2ccc(N3CCC(F)C3)nn12. The molecule has 1 unspecified atom stereocenters. The van der Waals surface area contributed by atoms with Crippen LogP contribution >= 0.6 is 12.6 Å². The number of piperidine rings is 1. The van der Waals surface area contributed by atoms with Gasteiger partial charge in [-0.1, -0.05) is 12.1 Å². The lowest BCUT2D eigenvalue weighted by atomic mass is 10.0. The average molecular weight is 601 g/mol. The number of hydrogen-bond acceptors (Lipinski definition) is 8. The van der Waals surface area contributed by atoms with Crippen LogP contribution in [0.15, 0.2) is 65.7 Å². The van der Waals surface area contributed by atoms with Crippen LogP contribution in [0.25, 0.3) is 5.65 Å². The lowest BCUT2D eigenvalue weighted by molar-refractivity contribution is 0.111. The van der Waals surface area contributed by atoms with Crippen molar-refractivity contribution in [3.63, 3.8) is 0 Å². The second kappa shape index (κ2) is 15.0. The van der Waals surface area contributed by atoms with Crippen molar-refractivity contribution in [1.82, 2.24) is 24.8 Å². The minimum absolute atomic E-state index is 0.238. The fraction of sp³-hybridized carbons (Fsp3) is 0.367. The van der Waals surface area contributed by atoms with Crippen LogP contribution in [0.2, 0.25) is 0 Å². The van der Waals surface area contributed by atoms with Crippen LogP contribution < -0.4 is 10.2 Å². The highest BCUT2D eigenvalue weighted by Gasteiger charge is 2.23. The van der Waals surface area contributed by atoms with E-state index in [1.165, 1.54) is 35.0 Å². The molecule has 4 heterocycles. The summed E-state index contributed by atoms with van der Waals surface area (Å²) in [5, 5.41) is 16.9. The Balaban J connectivity index is 0.000000154. The quantitative estimate of drug-likeness (QED) is 0.222. The Hall–Kier alpha value is -3.61. The second-order valence-corrected chi connectivity index (χ2v) is 10.7. The summed E-state index contributed by atoms with van der Waals surface area (Å²) in [4.78, 5) is 19.7. The number of rotatable bonds is 5. The number of thiol groups is 1. The standard InChI is InChI=1S/C13H19FN2O.C11H11FN4O.C6H5FS/c1-15-11-4-6-16(7-5-11)9-10-2-3-12(14)13(17)8-10;12-8-3-4-15(6-8)11-2-1-10-13-5-9(7-17)16(10)14-11;7-5-2-1-3-6(8)4-5/h2-3,8,11,15,17H,4-7,9H2,1H3;1-2,5,7-8H,3-4,6H2;1-4,8H. The van der Waals surface area contributed by atoms with E-state index in [0.717, 1.165) is 38.0 Å². The Kier molecular flexibility index (Phi) is 11.2. The molecule has 2 saturated heterocycles. The molecule has 2 N–H and O–H groups in total. The van der Waals surface area contributed by atoms with Gasteiger partial charge in [-0.3, -0.25) is 9.69 Å². The van der Waals surface area contributed by atoms with Gasteiger partial charge in [0, 0.05) is 24.0 Å². The number of nitrogens with one attached hydrogen (secondary N) is 1. The number of carbonyl (C=O) groups is 1. The van der Waals surface area contributed by atoms with E-state index in [9.17, 15) is 23.1 Å². The lowest BCUT2D eigenvalue weighted by Crippen LogP contribution is -2.40. The monoisotopic (exact) mass is 600 g/mol. The zero-order chi connectivity index (χ0) is 30.1. The number of benzene rings is 2. The molecule has 0 bridgehead atoms. The molecular weight excluding hydrogens is 565 g/mol. The van der Waals surface area contributed by atoms with Gasteiger partial charge in [-0.25, -0.2) is 22.7 Å². The van der Waals surface area contributed by atoms with Gasteiger partial charge in [0.1, 0.15) is 23.5 Å². The molecule has 0 spiro atoms. The minimum Gasteiger partial charge on any atom is -0.505 e. The topological polar surface area (TPSA) is 86.0 Å². The number of aromatic nitrogens is 3. The molecule has 12 heteroatoms. The molecule has 224 valence electrons. The first-order valence-corrected chi connectivity index (χ1v) is 14.2. The number of fused-ring (bicyclic) bond motifs is 1. The van der Waals surface area contributed by atoms with Crippen molar-refractivity contribution >= 4 is 30.4 Å². The smallest absolute Gasteiger partial charge is 0.170 e. The number of halogens is 3. The van der Waals surface area contributed by atoms with Gasteiger partial charge in [0.15, 0.2) is 23.5 Å². The normalized spacial score (nSPS) is 17.4. The predicted molar refractivity (Wildman–Crippen MR) is 159 cm³/mol. The Labute approximate surface area is 248 Å². The van der Waals surface area contributed by atoms with Gasteiger partial charge in [-0.15, -0.1) is 17.7 Å². The number of nitrogens with zero attached hydrogens (tertiary/aromatic N) is 5. The molecule has 8 nitrogen and oxygen atoms in total. The summed E-state index contributed by atoms with van der Waals surface area (Å²) in [5.41, 5.74) is 1.98. The number of imidazole rings is 1. The Morgan fingerprint density at radius 1 is 1.07 bits per heavy atom. The third-order valence-corrected chi connectivity index (χ3v) is 7.45. The zero-order valence-electron chi connectivity index (χ0n) is 23.3. The van der Waals surface area contributed by atoms with Crippen LogP contribution in [-0.2, 0) is 6.54 Å². The first kappa shape index (κ1) is 31.3. The molecule has 6 rings (SSSR count). The van der Waals surface area contributed by atoms with Crippen LogP contribution in [0.3, 0.4) is 0 Å².